The molecule has 3 heterocycles. The van der Waals surface area contributed by atoms with Crippen molar-refractivity contribution >= 4 is 5.91 Å². The lowest BCUT2D eigenvalue weighted by Crippen LogP contribution is -2.50. The van der Waals surface area contributed by atoms with Crippen LogP contribution in [0.5, 0.6) is 0 Å². The Bertz CT molecular complexity index is 689. The number of carbonyl (C=O) groups excluding carboxylic acids is 1. The molecule has 6 heteroatoms. The van der Waals surface area contributed by atoms with Crippen molar-refractivity contribution in [3.05, 3.63) is 47.5 Å². The number of aryl methyl sites for hydroxylation is 2. The number of nitrogens with zero attached hydrogens (tertiary/aromatic N) is 5. The lowest BCUT2D eigenvalue weighted by atomic mass is 10.2. The summed E-state index contributed by atoms with van der Waals surface area (Å²) in [6.45, 7) is 10.0. The Balaban J connectivity index is 1.56. The number of hydrogen-bond donors (Lipinski definition) is 0. The van der Waals surface area contributed by atoms with E-state index in [0.29, 0.717) is 0 Å². The number of hydrogen-bond acceptors (Lipinski definition) is 4. The van der Waals surface area contributed by atoms with Gasteiger partial charge in [0.25, 0.3) is 0 Å². The van der Waals surface area contributed by atoms with Crippen LogP contribution in [0.1, 0.15) is 30.0 Å². The van der Waals surface area contributed by atoms with Gasteiger partial charge in [0.2, 0.25) is 5.91 Å². The Hall–Kier alpha value is -2.21. The third kappa shape index (κ3) is 3.64. The van der Waals surface area contributed by atoms with E-state index in [2.05, 4.69) is 15.0 Å². The first-order chi connectivity index (χ1) is 11.5. The second-order valence-electron chi connectivity index (χ2n) is 6.47. The van der Waals surface area contributed by atoms with Gasteiger partial charge in [-0.2, -0.15) is 5.10 Å². The smallest absolute Gasteiger partial charge is 0.247 e. The van der Waals surface area contributed by atoms with Crippen molar-refractivity contribution in [1.82, 2.24) is 24.6 Å². The van der Waals surface area contributed by atoms with Gasteiger partial charge in [-0.1, -0.05) is 6.07 Å². The van der Waals surface area contributed by atoms with Crippen LogP contribution >= 0.6 is 0 Å². The van der Waals surface area contributed by atoms with E-state index in [1.54, 1.807) is 0 Å². The molecule has 2 aromatic heterocycles. The summed E-state index contributed by atoms with van der Waals surface area (Å²) < 4.78 is 1.83. The molecule has 1 saturated heterocycles. The number of piperazine rings is 1. The zero-order valence-corrected chi connectivity index (χ0v) is 14.6. The van der Waals surface area contributed by atoms with Crippen molar-refractivity contribution in [3.63, 3.8) is 0 Å². The second-order valence-corrected chi connectivity index (χ2v) is 6.47. The standard InChI is InChI=1S/C18H25N5O/c1-14-12-15(2)23(20-14)16(3)18(24)22-10-8-21(9-11-22)13-17-6-4-5-7-19-17/h4-7,12,16H,8-11,13H2,1-3H3/t16-/m0/s1. The average molecular weight is 327 g/mol. The van der Waals surface area contributed by atoms with E-state index in [1.165, 1.54) is 0 Å². The molecular weight excluding hydrogens is 302 g/mol. The van der Waals surface area contributed by atoms with Crippen LogP contribution in [-0.2, 0) is 11.3 Å². The van der Waals surface area contributed by atoms with Crippen LogP contribution in [0.25, 0.3) is 0 Å². The van der Waals surface area contributed by atoms with E-state index in [9.17, 15) is 4.79 Å². The lowest BCUT2D eigenvalue weighted by molar-refractivity contribution is -0.136. The van der Waals surface area contributed by atoms with Gasteiger partial charge in [0.15, 0.2) is 0 Å². The summed E-state index contributed by atoms with van der Waals surface area (Å²) in [5.74, 6) is 0.152. The minimum absolute atomic E-state index is 0.152. The van der Waals surface area contributed by atoms with Gasteiger partial charge in [0.05, 0.1) is 11.4 Å². The molecule has 0 bridgehead atoms. The highest BCUT2D eigenvalue weighted by Gasteiger charge is 2.27. The Morgan fingerprint density at radius 1 is 1.21 bits per heavy atom. The van der Waals surface area contributed by atoms with Gasteiger partial charge in [0, 0.05) is 44.6 Å². The first kappa shape index (κ1) is 16.6. The molecule has 2 aromatic rings. The Morgan fingerprint density at radius 3 is 2.54 bits per heavy atom. The topological polar surface area (TPSA) is 54.3 Å². The molecule has 1 aliphatic heterocycles. The largest absolute Gasteiger partial charge is 0.338 e. The van der Waals surface area contributed by atoms with Crippen LogP contribution in [0.2, 0.25) is 0 Å². The van der Waals surface area contributed by atoms with Crippen LogP contribution in [0.3, 0.4) is 0 Å². The minimum Gasteiger partial charge on any atom is -0.338 e. The molecule has 0 aromatic carbocycles. The fourth-order valence-corrected chi connectivity index (χ4v) is 3.25. The zero-order valence-electron chi connectivity index (χ0n) is 14.6. The molecule has 3 rings (SSSR count). The monoisotopic (exact) mass is 327 g/mol. The molecule has 0 saturated carbocycles. The van der Waals surface area contributed by atoms with Gasteiger partial charge in [-0.25, -0.2) is 0 Å². The van der Waals surface area contributed by atoms with Gasteiger partial charge in [-0.3, -0.25) is 19.4 Å². The molecule has 0 unspecified atom stereocenters. The summed E-state index contributed by atoms with van der Waals surface area (Å²) in [6, 6.07) is 7.75. The third-order valence-corrected chi connectivity index (χ3v) is 4.56. The van der Waals surface area contributed by atoms with Crippen LogP contribution in [0, 0.1) is 13.8 Å². The molecule has 1 aliphatic rings. The van der Waals surface area contributed by atoms with Crippen LogP contribution in [-0.4, -0.2) is 56.7 Å². The predicted octanol–water partition coefficient (Wildman–Crippen LogP) is 1.80. The van der Waals surface area contributed by atoms with Gasteiger partial charge in [0.1, 0.15) is 6.04 Å². The van der Waals surface area contributed by atoms with E-state index >= 15 is 0 Å². The molecule has 1 atom stereocenters. The quantitative estimate of drug-likeness (QED) is 0.859. The highest BCUT2D eigenvalue weighted by atomic mass is 16.2. The molecule has 0 spiro atoms. The van der Waals surface area contributed by atoms with Gasteiger partial charge in [-0.05, 0) is 39.0 Å². The van der Waals surface area contributed by atoms with Crippen LogP contribution < -0.4 is 0 Å². The number of pyridine rings is 1. The molecule has 0 N–H and O–H groups in total. The van der Waals surface area contributed by atoms with Crippen molar-refractivity contribution < 1.29 is 4.79 Å². The maximum absolute atomic E-state index is 12.8. The maximum atomic E-state index is 12.8. The van der Waals surface area contributed by atoms with Crippen LogP contribution in [0.15, 0.2) is 30.5 Å². The normalized spacial score (nSPS) is 17.0. The second kappa shape index (κ2) is 7.13. The fraction of sp³-hybridized carbons (Fsp3) is 0.500. The highest BCUT2D eigenvalue weighted by molar-refractivity contribution is 5.80. The third-order valence-electron chi connectivity index (χ3n) is 4.56. The summed E-state index contributed by atoms with van der Waals surface area (Å²) in [5, 5.41) is 4.45. The molecule has 1 fully saturated rings. The van der Waals surface area contributed by atoms with E-state index in [-0.39, 0.29) is 11.9 Å². The molecule has 0 radical (unpaired) electrons. The van der Waals surface area contributed by atoms with Crippen molar-refractivity contribution in [3.8, 4) is 0 Å². The van der Waals surface area contributed by atoms with E-state index < -0.39 is 0 Å². The Labute approximate surface area is 143 Å². The summed E-state index contributed by atoms with van der Waals surface area (Å²) in [5.41, 5.74) is 3.06. The first-order valence-corrected chi connectivity index (χ1v) is 8.48. The fourth-order valence-electron chi connectivity index (χ4n) is 3.25. The average Bonchev–Trinajstić information content (AvgIpc) is 2.93. The number of amides is 1. The summed E-state index contributed by atoms with van der Waals surface area (Å²) in [4.78, 5) is 21.4. The lowest BCUT2D eigenvalue weighted by Gasteiger charge is -2.35. The van der Waals surface area contributed by atoms with Gasteiger partial charge in [-0.15, -0.1) is 0 Å². The van der Waals surface area contributed by atoms with E-state index in [0.717, 1.165) is 49.8 Å². The SMILES string of the molecule is Cc1cc(C)n([C@@H](C)C(=O)N2CCN(Cc3ccccn3)CC2)n1. The Morgan fingerprint density at radius 2 is 1.96 bits per heavy atom. The van der Waals surface area contributed by atoms with Crippen molar-refractivity contribution in [2.45, 2.75) is 33.4 Å². The summed E-state index contributed by atoms with van der Waals surface area (Å²) >= 11 is 0. The Kier molecular flexibility index (Phi) is 4.94. The zero-order chi connectivity index (χ0) is 17.1. The molecule has 1 amide bonds. The minimum atomic E-state index is -0.249. The molecule has 128 valence electrons. The predicted molar refractivity (Wildman–Crippen MR) is 92.5 cm³/mol. The van der Waals surface area contributed by atoms with Gasteiger partial charge >= 0.3 is 0 Å². The summed E-state index contributed by atoms with van der Waals surface area (Å²) in [7, 11) is 0. The van der Waals surface area contributed by atoms with E-state index in [1.807, 2.05) is 60.8 Å². The molecular formula is C18H25N5O. The van der Waals surface area contributed by atoms with Crippen molar-refractivity contribution in [2.75, 3.05) is 26.2 Å². The highest BCUT2D eigenvalue weighted by Crippen LogP contribution is 2.16. The molecule has 24 heavy (non-hydrogen) atoms. The molecule has 6 nitrogen and oxygen atoms in total. The van der Waals surface area contributed by atoms with Crippen LogP contribution in [0.4, 0.5) is 0 Å². The number of carbonyl (C=O) groups is 1. The number of rotatable bonds is 4. The van der Waals surface area contributed by atoms with E-state index in [4.69, 9.17) is 0 Å². The molecule has 0 aliphatic carbocycles. The summed E-state index contributed by atoms with van der Waals surface area (Å²) in [6.07, 6.45) is 1.82. The van der Waals surface area contributed by atoms with Gasteiger partial charge < -0.3 is 4.90 Å². The first-order valence-electron chi connectivity index (χ1n) is 8.48. The number of aromatic nitrogens is 3. The maximum Gasteiger partial charge on any atom is 0.247 e. The van der Waals surface area contributed by atoms with Crippen molar-refractivity contribution in [1.29, 1.82) is 0 Å². The van der Waals surface area contributed by atoms with Crippen molar-refractivity contribution in [2.24, 2.45) is 0 Å².